The van der Waals surface area contributed by atoms with Crippen molar-refractivity contribution < 1.29 is 0 Å². The van der Waals surface area contributed by atoms with Gasteiger partial charge in [-0.2, -0.15) is 4.98 Å². The van der Waals surface area contributed by atoms with Crippen molar-refractivity contribution in [1.82, 2.24) is 9.97 Å². The van der Waals surface area contributed by atoms with Crippen molar-refractivity contribution in [3.8, 4) is 0 Å². The van der Waals surface area contributed by atoms with Crippen molar-refractivity contribution in [2.24, 2.45) is 0 Å². The van der Waals surface area contributed by atoms with E-state index < -0.39 is 0 Å². The van der Waals surface area contributed by atoms with Gasteiger partial charge in [0.05, 0.1) is 0 Å². The maximum absolute atomic E-state index is 4.65. The molecule has 24 heavy (non-hydrogen) atoms. The Labute approximate surface area is 145 Å². The molecule has 1 heterocycles. The number of hydrogen-bond acceptors (Lipinski definition) is 4. The minimum atomic E-state index is 0.513. The van der Waals surface area contributed by atoms with Gasteiger partial charge in [0.2, 0.25) is 5.95 Å². The molecular formula is C20H28N4. The van der Waals surface area contributed by atoms with E-state index in [0.717, 1.165) is 23.1 Å². The van der Waals surface area contributed by atoms with Crippen LogP contribution in [0.4, 0.5) is 17.5 Å². The molecule has 1 fully saturated rings. The molecule has 0 spiro atoms. The Balaban J connectivity index is 1.70. The topological polar surface area (TPSA) is 49.8 Å². The maximum Gasteiger partial charge on any atom is 0.225 e. The van der Waals surface area contributed by atoms with Crippen LogP contribution in [0.2, 0.25) is 0 Å². The number of nitrogens with zero attached hydrogens (tertiary/aromatic N) is 2. The molecule has 3 rings (SSSR count). The van der Waals surface area contributed by atoms with E-state index in [1.165, 1.54) is 37.7 Å². The summed E-state index contributed by atoms with van der Waals surface area (Å²) in [5.74, 6) is 2.13. The Kier molecular flexibility index (Phi) is 5.34. The zero-order chi connectivity index (χ0) is 16.9. The first-order chi connectivity index (χ1) is 11.6. The largest absolute Gasteiger partial charge is 0.351 e. The van der Waals surface area contributed by atoms with Crippen molar-refractivity contribution in [3.05, 3.63) is 41.6 Å². The van der Waals surface area contributed by atoms with Crippen molar-refractivity contribution in [2.75, 3.05) is 10.6 Å². The number of benzene rings is 1. The lowest BCUT2D eigenvalue weighted by Gasteiger charge is -2.23. The van der Waals surface area contributed by atoms with Gasteiger partial charge in [0, 0.05) is 23.5 Å². The minimum absolute atomic E-state index is 0.513. The van der Waals surface area contributed by atoms with Crippen LogP contribution in [0.25, 0.3) is 0 Å². The molecule has 1 aromatic carbocycles. The number of aromatic nitrogens is 2. The predicted molar refractivity (Wildman–Crippen MR) is 101 cm³/mol. The van der Waals surface area contributed by atoms with Crippen molar-refractivity contribution >= 4 is 17.5 Å². The summed E-state index contributed by atoms with van der Waals surface area (Å²) in [7, 11) is 0. The van der Waals surface area contributed by atoms with Gasteiger partial charge in [-0.15, -0.1) is 0 Å². The van der Waals surface area contributed by atoms with Gasteiger partial charge in [0.15, 0.2) is 0 Å². The Morgan fingerprint density at radius 2 is 1.71 bits per heavy atom. The SMILES string of the molecule is Cc1cc(Nc2ccc(C(C)C)cc2)nc(NC2CCCCC2)n1. The van der Waals surface area contributed by atoms with Crippen molar-refractivity contribution in [1.29, 1.82) is 0 Å². The van der Waals surface area contributed by atoms with Crippen LogP contribution in [0.3, 0.4) is 0 Å². The van der Waals surface area contributed by atoms with Gasteiger partial charge < -0.3 is 10.6 Å². The molecule has 1 aromatic heterocycles. The van der Waals surface area contributed by atoms with E-state index in [0.29, 0.717) is 12.0 Å². The molecule has 0 bridgehead atoms. The van der Waals surface area contributed by atoms with Gasteiger partial charge >= 0.3 is 0 Å². The highest BCUT2D eigenvalue weighted by molar-refractivity contribution is 5.58. The zero-order valence-electron chi connectivity index (χ0n) is 15.0. The third kappa shape index (κ3) is 4.47. The summed E-state index contributed by atoms with van der Waals surface area (Å²) >= 11 is 0. The van der Waals surface area contributed by atoms with Crippen LogP contribution in [0, 0.1) is 6.92 Å². The van der Waals surface area contributed by atoms with Gasteiger partial charge in [-0.3, -0.25) is 0 Å². The van der Waals surface area contributed by atoms with Crippen LogP contribution in [0.15, 0.2) is 30.3 Å². The van der Waals surface area contributed by atoms with Gasteiger partial charge in [0.25, 0.3) is 0 Å². The van der Waals surface area contributed by atoms with E-state index >= 15 is 0 Å². The zero-order valence-corrected chi connectivity index (χ0v) is 15.0. The molecule has 4 nitrogen and oxygen atoms in total. The highest BCUT2D eigenvalue weighted by Crippen LogP contribution is 2.23. The van der Waals surface area contributed by atoms with E-state index in [1.807, 2.05) is 13.0 Å². The van der Waals surface area contributed by atoms with Crippen molar-refractivity contribution in [2.45, 2.75) is 64.8 Å². The summed E-state index contributed by atoms with van der Waals surface area (Å²) in [6.45, 7) is 6.43. The van der Waals surface area contributed by atoms with Gasteiger partial charge in [-0.1, -0.05) is 45.2 Å². The molecule has 2 N–H and O–H groups in total. The van der Waals surface area contributed by atoms with E-state index in [4.69, 9.17) is 0 Å². The Morgan fingerprint density at radius 1 is 1.00 bits per heavy atom. The number of hydrogen-bond donors (Lipinski definition) is 2. The summed E-state index contributed by atoms with van der Waals surface area (Å²) in [5, 5.41) is 6.91. The van der Waals surface area contributed by atoms with Gasteiger partial charge in [-0.25, -0.2) is 4.98 Å². The van der Waals surface area contributed by atoms with E-state index in [2.05, 4.69) is 58.7 Å². The first-order valence-electron chi connectivity index (χ1n) is 9.09. The molecule has 1 aliphatic carbocycles. The smallest absolute Gasteiger partial charge is 0.225 e. The molecule has 4 heteroatoms. The van der Waals surface area contributed by atoms with Crippen LogP contribution < -0.4 is 10.6 Å². The fraction of sp³-hybridized carbons (Fsp3) is 0.500. The molecule has 0 unspecified atom stereocenters. The van der Waals surface area contributed by atoms with Gasteiger partial charge in [-0.05, 0) is 43.4 Å². The molecule has 0 radical (unpaired) electrons. The summed E-state index contributed by atoms with van der Waals surface area (Å²) in [5.41, 5.74) is 3.38. The third-order valence-electron chi connectivity index (χ3n) is 4.64. The Hall–Kier alpha value is -2.10. The third-order valence-corrected chi connectivity index (χ3v) is 4.64. The average Bonchev–Trinajstić information content (AvgIpc) is 2.55. The second-order valence-electron chi connectivity index (χ2n) is 7.10. The predicted octanol–water partition coefficient (Wildman–Crippen LogP) is 5.40. The summed E-state index contributed by atoms with van der Waals surface area (Å²) in [6, 6.07) is 11.1. The van der Waals surface area contributed by atoms with Crippen LogP contribution in [-0.4, -0.2) is 16.0 Å². The molecule has 0 saturated heterocycles. The van der Waals surface area contributed by atoms with Crippen molar-refractivity contribution in [3.63, 3.8) is 0 Å². The highest BCUT2D eigenvalue weighted by Gasteiger charge is 2.14. The number of aryl methyl sites for hydroxylation is 1. The minimum Gasteiger partial charge on any atom is -0.351 e. The van der Waals surface area contributed by atoms with Crippen LogP contribution in [-0.2, 0) is 0 Å². The van der Waals surface area contributed by atoms with E-state index in [1.54, 1.807) is 0 Å². The maximum atomic E-state index is 4.65. The fourth-order valence-electron chi connectivity index (χ4n) is 3.23. The molecule has 2 aromatic rings. The number of anilines is 3. The Bertz CT molecular complexity index is 658. The van der Waals surface area contributed by atoms with Crippen LogP contribution in [0.5, 0.6) is 0 Å². The lowest BCUT2D eigenvalue weighted by Crippen LogP contribution is -2.23. The molecular weight excluding hydrogens is 296 g/mol. The fourth-order valence-corrected chi connectivity index (χ4v) is 3.23. The van der Waals surface area contributed by atoms with E-state index in [-0.39, 0.29) is 0 Å². The second kappa shape index (κ2) is 7.65. The summed E-state index contributed by atoms with van der Waals surface area (Å²) in [6.07, 6.45) is 6.40. The van der Waals surface area contributed by atoms with Crippen LogP contribution >= 0.6 is 0 Å². The first-order valence-corrected chi connectivity index (χ1v) is 9.09. The summed E-state index contributed by atoms with van der Waals surface area (Å²) in [4.78, 5) is 9.19. The van der Waals surface area contributed by atoms with E-state index in [9.17, 15) is 0 Å². The second-order valence-corrected chi connectivity index (χ2v) is 7.10. The van der Waals surface area contributed by atoms with Crippen LogP contribution in [0.1, 0.15) is 63.1 Å². The van der Waals surface area contributed by atoms with Gasteiger partial charge in [0.1, 0.15) is 5.82 Å². The molecule has 128 valence electrons. The quantitative estimate of drug-likeness (QED) is 0.773. The standard InChI is InChI=1S/C20H28N4/c1-14(2)16-9-11-18(12-10-16)22-19-13-15(3)21-20(24-19)23-17-7-5-4-6-8-17/h9-14,17H,4-8H2,1-3H3,(H2,21,22,23,24). The molecule has 0 atom stereocenters. The Morgan fingerprint density at radius 3 is 2.38 bits per heavy atom. The lowest BCUT2D eigenvalue weighted by atomic mass is 9.96. The normalized spacial score (nSPS) is 15.5. The number of rotatable bonds is 5. The highest BCUT2D eigenvalue weighted by atomic mass is 15.2. The molecule has 0 aliphatic heterocycles. The first kappa shape index (κ1) is 16.7. The summed E-state index contributed by atoms with van der Waals surface area (Å²) < 4.78 is 0. The number of nitrogens with one attached hydrogen (secondary N) is 2. The lowest BCUT2D eigenvalue weighted by molar-refractivity contribution is 0.461. The molecule has 1 saturated carbocycles. The average molecular weight is 324 g/mol. The monoisotopic (exact) mass is 324 g/mol. The molecule has 0 amide bonds. The molecule has 1 aliphatic rings.